The van der Waals surface area contributed by atoms with Gasteiger partial charge in [0, 0.05) is 46.8 Å². The molecule has 0 bridgehead atoms. The average molecular weight is 796 g/mol. The number of allylic oxidation sites excluding steroid dienone is 4. The van der Waals surface area contributed by atoms with Crippen LogP contribution in [0.3, 0.4) is 0 Å². The van der Waals surface area contributed by atoms with Crippen molar-refractivity contribution >= 4 is 45.9 Å². The highest BCUT2D eigenvalue weighted by molar-refractivity contribution is 6.01. The number of anilines is 1. The molecule has 0 radical (unpaired) electrons. The maximum absolute atomic E-state index is 17.4. The third kappa shape index (κ3) is 6.86. The summed E-state index contributed by atoms with van der Waals surface area (Å²) < 4.78 is 28.0. The third-order valence-electron chi connectivity index (χ3n) is 13.8. The second kappa shape index (κ2) is 15.6. The van der Waals surface area contributed by atoms with Gasteiger partial charge in [0.15, 0.2) is 18.1 Å². The number of hydrogen-bond donors (Lipinski definition) is 4. The molecule has 9 atom stereocenters. The number of benzene rings is 2. The number of aliphatic hydroxyl groups excluding tert-OH is 1. The first kappa shape index (κ1) is 41.1. The molecule has 0 saturated heterocycles. The molecule has 7 rings (SSSR count). The second-order valence-corrected chi connectivity index (χ2v) is 16.9. The van der Waals surface area contributed by atoms with Crippen LogP contribution in [0.2, 0.25) is 0 Å². The highest BCUT2D eigenvalue weighted by Crippen LogP contribution is 2.70. The van der Waals surface area contributed by atoms with Crippen LogP contribution in [-0.2, 0) is 40.1 Å². The molecule has 0 aliphatic heterocycles. The van der Waals surface area contributed by atoms with Crippen molar-refractivity contribution in [2.75, 3.05) is 18.5 Å². The molecule has 1 amide bonds. The summed E-state index contributed by atoms with van der Waals surface area (Å²) in [6, 6.07) is 14.3. The molecule has 1 aromatic heterocycles. The van der Waals surface area contributed by atoms with E-state index in [-0.39, 0.29) is 44.1 Å². The predicted octanol–water partition coefficient (Wildman–Crippen LogP) is 5.20. The Kier molecular flexibility index (Phi) is 11.0. The number of ether oxygens (including phenoxy) is 2. The van der Waals surface area contributed by atoms with Crippen LogP contribution >= 0.6 is 0 Å². The van der Waals surface area contributed by atoms with E-state index >= 15 is 4.39 Å². The Bertz CT molecular complexity index is 2210. The number of aromatic nitrogens is 1. The van der Waals surface area contributed by atoms with E-state index < -0.39 is 76.2 Å². The first-order valence-electron chi connectivity index (χ1n) is 19.9. The molecule has 0 spiro atoms. The number of pyridine rings is 1. The highest BCUT2D eigenvalue weighted by Gasteiger charge is 2.75. The largest absolute Gasteiger partial charge is 0.461 e. The van der Waals surface area contributed by atoms with Gasteiger partial charge in [0.1, 0.15) is 12.2 Å². The molecular weight excluding hydrogens is 746 g/mol. The average Bonchev–Trinajstić information content (AvgIpc) is 3.41. The predicted molar refractivity (Wildman–Crippen MR) is 211 cm³/mol. The maximum Gasteiger partial charge on any atom is 0.306 e. The normalized spacial score (nSPS) is 31.6. The van der Waals surface area contributed by atoms with Crippen molar-refractivity contribution in [3.05, 3.63) is 95.9 Å². The molecule has 5 N–H and O–H groups in total. The van der Waals surface area contributed by atoms with E-state index in [1.165, 1.54) is 12.2 Å². The van der Waals surface area contributed by atoms with E-state index in [0.717, 1.165) is 10.8 Å². The van der Waals surface area contributed by atoms with E-state index in [0.29, 0.717) is 41.6 Å². The SMILES string of the molecule is C[C@@H]1C[C@H]2[C@@H]3CCC4=CC(=O)C=C[C@]4(C)[C@@]3(F)[C@@H](O)C[C@]2(C)[C@@]1(O)C(=O)COC(=O)CCC(=O)OCc1ccc([C@@H](CN)C(=O)Nc2ccc3cnccc3c2)cc1. The molecule has 4 aliphatic rings. The van der Waals surface area contributed by atoms with Gasteiger partial charge in [-0.25, -0.2) is 4.39 Å². The van der Waals surface area contributed by atoms with Crippen LogP contribution < -0.4 is 11.1 Å². The number of halogens is 1. The van der Waals surface area contributed by atoms with Crippen molar-refractivity contribution < 1.29 is 48.0 Å². The third-order valence-corrected chi connectivity index (χ3v) is 13.8. The number of nitrogens with one attached hydrogen (secondary N) is 1. The topological polar surface area (TPSA) is 195 Å². The Morgan fingerprint density at radius 1 is 1.02 bits per heavy atom. The summed E-state index contributed by atoms with van der Waals surface area (Å²) in [6.45, 7) is 4.37. The van der Waals surface area contributed by atoms with E-state index in [9.17, 15) is 34.2 Å². The molecule has 3 saturated carbocycles. The Balaban J connectivity index is 0.890. The van der Waals surface area contributed by atoms with Gasteiger partial charge in [0.2, 0.25) is 11.7 Å². The van der Waals surface area contributed by atoms with Crippen LogP contribution in [0.5, 0.6) is 0 Å². The molecule has 1 heterocycles. The van der Waals surface area contributed by atoms with E-state index in [1.54, 1.807) is 69.6 Å². The summed E-state index contributed by atoms with van der Waals surface area (Å²) in [6.07, 6.45) is 6.51. The number of aliphatic hydroxyl groups is 2. The van der Waals surface area contributed by atoms with Crippen molar-refractivity contribution in [1.82, 2.24) is 4.98 Å². The minimum atomic E-state index is -2.11. The zero-order valence-electron chi connectivity index (χ0n) is 32.9. The molecule has 13 heteroatoms. The zero-order valence-corrected chi connectivity index (χ0v) is 32.9. The fraction of sp³-hybridized carbons (Fsp3) is 0.467. The number of fused-ring (bicyclic) bond motifs is 6. The number of esters is 2. The van der Waals surface area contributed by atoms with Gasteiger partial charge < -0.3 is 30.7 Å². The number of carbonyl (C=O) groups is 5. The van der Waals surface area contributed by atoms with Crippen LogP contribution in [0.1, 0.15) is 76.3 Å². The minimum absolute atomic E-state index is 0.0714. The van der Waals surface area contributed by atoms with Crippen molar-refractivity contribution in [2.24, 2.45) is 34.3 Å². The standard InChI is InChI=1S/C45H50FN3O9/c1-26-18-36-35-11-9-31-20-33(50)14-16-42(31,2)44(35,46)37(51)21-43(36,3)45(26,56)38(52)25-58-40(54)13-12-39(53)57-24-27-4-6-28(7-5-27)34(22-47)41(55)49-32-10-8-30-23-48-17-15-29(30)19-32/h4-8,10,14-17,19-20,23,26,34-37,51,56H,9,11-13,18,21-22,24-25,47H2,1-3H3,(H,49,55)/t26-,34-,35+,36+,37+,42+,43+,44+,45+/m1/s1. The first-order valence-corrected chi connectivity index (χ1v) is 19.9. The summed E-state index contributed by atoms with van der Waals surface area (Å²) in [7, 11) is 0. The van der Waals surface area contributed by atoms with Crippen molar-refractivity contribution in [3.63, 3.8) is 0 Å². The van der Waals surface area contributed by atoms with E-state index in [2.05, 4.69) is 10.3 Å². The van der Waals surface area contributed by atoms with Crippen LogP contribution in [0.4, 0.5) is 10.1 Å². The van der Waals surface area contributed by atoms with Gasteiger partial charge in [-0.3, -0.25) is 29.0 Å². The molecule has 4 aliphatic carbocycles. The lowest BCUT2D eigenvalue weighted by molar-refractivity contribution is -0.220. The Hall–Kier alpha value is -5.11. The van der Waals surface area contributed by atoms with Crippen molar-refractivity contribution in [1.29, 1.82) is 0 Å². The summed E-state index contributed by atoms with van der Waals surface area (Å²) in [4.78, 5) is 68.3. The van der Waals surface area contributed by atoms with Gasteiger partial charge in [-0.05, 0) is 91.3 Å². The molecule has 2 aromatic carbocycles. The Labute approximate surface area is 336 Å². The quantitative estimate of drug-likeness (QED) is 0.176. The maximum atomic E-state index is 17.4. The molecule has 3 aromatic rings. The van der Waals surface area contributed by atoms with Crippen molar-refractivity contribution in [2.45, 2.75) is 89.2 Å². The number of nitrogens with two attached hydrogens (primary N) is 1. The van der Waals surface area contributed by atoms with Gasteiger partial charge in [0.05, 0.1) is 24.9 Å². The van der Waals surface area contributed by atoms with Gasteiger partial charge >= 0.3 is 11.9 Å². The molecule has 58 heavy (non-hydrogen) atoms. The Morgan fingerprint density at radius 2 is 1.74 bits per heavy atom. The van der Waals surface area contributed by atoms with Crippen LogP contribution in [0, 0.1) is 28.6 Å². The lowest BCUT2D eigenvalue weighted by Gasteiger charge is -2.62. The Morgan fingerprint density at radius 3 is 2.47 bits per heavy atom. The molecular formula is C45H50FN3O9. The van der Waals surface area contributed by atoms with Crippen LogP contribution in [0.25, 0.3) is 10.8 Å². The molecule has 306 valence electrons. The molecule has 3 fully saturated rings. The van der Waals surface area contributed by atoms with Crippen LogP contribution in [0.15, 0.2) is 84.7 Å². The van der Waals surface area contributed by atoms with Crippen LogP contribution in [-0.4, -0.2) is 75.1 Å². The monoisotopic (exact) mass is 795 g/mol. The fourth-order valence-electron chi connectivity index (χ4n) is 10.5. The van der Waals surface area contributed by atoms with Crippen molar-refractivity contribution in [3.8, 4) is 0 Å². The number of amides is 1. The number of nitrogens with zero attached hydrogens (tertiary/aromatic N) is 1. The van der Waals surface area contributed by atoms with Gasteiger partial charge in [0.25, 0.3) is 0 Å². The summed E-state index contributed by atoms with van der Waals surface area (Å²) >= 11 is 0. The summed E-state index contributed by atoms with van der Waals surface area (Å²) in [5.41, 5.74) is 2.05. The molecule has 0 unspecified atom stereocenters. The van der Waals surface area contributed by atoms with E-state index in [1.807, 2.05) is 18.2 Å². The first-order chi connectivity index (χ1) is 27.5. The lowest BCUT2D eigenvalue weighted by Crippen LogP contribution is -2.69. The number of Topliss-reactive ketones (excluding diaryl/α,β-unsaturated/α-hetero) is 1. The number of hydrogen-bond acceptors (Lipinski definition) is 11. The number of rotatable bonds is 12. The second-order valence-electron chi connectivity index (χ2n) is 16.9. The zero-order chi connectivity index (χ0) is 41.6. The fourth-order valence-corrected chi connectivity index (χ4v) is 10.5. The highest BCUT2D eigenvalue weighted by atomic mass is 19.1. The molecule has 12 nitrogen and oxygen atoms in total. The van der Waals surface area contributed by atoms with E-state index in [4.69, 9.17) is 15.2 Å². The number of carbonyl (C=O) groups excluding carboxylic acids is 5. The van der Waals surface area contributed by atoms with Gasteiger partial charge in [-0.15, -0.1) is 0 Å². The summed E-state index contributed by atoms with van der Waals surface area (Å²) in [5, 5.41) is 28.5. The minimum Gasteiger partial charge on any atom is -0.461 e. The summed E-state index contributed by atoms with van der Waals surface area (Å²) in [5.74, 6) is -5.11. The van der Waals surface area contributed by atoms with Gasteiger partial charge in [-0.2, -0.15) is 0 Å². The lowest BCUT2D eigenvalue weighted by atomic mass is 9.44. The number of ketones is 2. The van der Waals surface area contributed by atoms with Gasteiger partial charge in [-0.1, -0.05) is 55.8 Å². The smallest absolute Gasteiger partial charge is 0.306 e. The number of alkyl halides is 1.